The van der Waals surface area contributed by atoms with Crippen LogP contribution in [-0.4, -0.2) is 28.8 Å². The van der Waals surface area contributed by atoms with E-state index in [0.29, 0.717) is 21.6 Å². The molecule has 0 spiro atoms. The molecule has 0 unspecified atom stereocenters. The van der Waals surface area contributed by atoms with Crippen molar-refractivity contribution in [3.8, 4) is 0 Å². The molecule has 1 aliphatic rings. The molecule has 6 heteroatoms. The number of rotatable bonds is 4. The van der Waals surface area contributed by atoms with E-state index in [4.69, 9.17) is 11.6 Å². The summed E-state index contributed by atoms with van der Waals surface area (Å²) in [7, 11) is 0. The largest absolute Gasteiger partial charge is 0.287 e. The second kappa shape index (κ2) is 8.13. The van der Waals surface area contributed by atoms with Gasteiger partial charge in [-0.1, -0.05) is 23.7 Å². The third-order valence-electron chi connectivity index (χ3n) is 3.67. The molecule has 0 radical (unpaired) electrons. The first-order valence-corrected chi connectivity index (χ1v) is 10.2. The fraction of sp³-hybridized carbons (Fsp3) is 0.158. The number of aliphatic imine (C=N–C) groups is 1. The standard InChI is InChI=1S/C19H17ClN2OS2/c1-3-22-18(23)17(12-13-4-10-16(24-2)11-5-13)25-19(22)21-15-8-6-14(20)7-9-15/h4-12H,3H2,1-2H3/b17-12+,21-19?. The molecule has 0 aromatic heterocycles. The number of thioether (sulfide) groups is 2. The van der Waals surface area contributed by atoms with E-state index in [9.17, 15) is 4.79 Å². The predicted octanol–water partition coefficient (Wildman–Crippen LogP) is 5.69. The van der Waals surface area contributed by atoms with Gasteiger partial charge in [-0.2, -0.15) is 0 Å². The van der Waals surface area contributed by atoms with Crippen LogP contribution in [0.2, 0.25) is 5.02 Å². The monoisotopic (exact) mass is 388 g/mol. The lowest BCUT2D eigenvalue weighted by atomic mass is 10.2. The van der Waals surface area contributed by atoms with Crippen molar-refractivity contribution in [1.82, 2.24) is 4.90 Å². The number of likely N-dealkylation sites (N-methyl/N-ethyl adjacent to an activating group) is 1. The SMILES string of the molecule is CCN1C(=O)/C(=C\c2ccc(SC)cc2)SC1=Nc1ccc(Cl)cc1. The number of nitrogens with zero attached hydrogens (tertiary/aromatic N) is 2. The number of carbonyl (C=O) groups is 1. The maximum atomic E-state index is 12.6. The quantitative estimate of drug-likeness (QED) is 0.498. The minimum atomic E-state index is -0.00541. The Bertz CT molecular complexity index is 830. The number of amides is 1. The number of hydrogen-bond acceptors (Lipinski definition) is 4. The minimum Gasteiger partial charge on any atom is -0.287 e. The molecule has 1 amide bonds. The molecule has 128 valence electrons. The first kappa shape index (κ1) is 18.1. The van der Waals surface area contributed by atoms with E-state index in [1.807, 2.05) is 43.5 Å². The molecule has 0 bridgehead atoms. The van der Waals surface area contributed by atoms with E-state index >= 15 is 0 Å². The Morgan fingerprint density at radius 3 is 2.44 bits per heavy atom. The van der Waals surface area contributed by atoms with Crippen LogP contribution in [0, 0.1) is 0 Å². The topological polar surface area (TPSA) is 32.7 Å². The molecule has 1 aliphatic heterocycles. The van der Waals surface area contributed by atoms with Gasteiger partial charge in [-0.3, -0.25) is 9.69 Å². The van der Waals surface area contributed by atoms with Gasteiger partial charge in [0.15, 0.2) is 5.17 Å². The maximum Gasteiger partial charge on any atom is 0.266 e. The lowest BCUT2D eigenvalue weighted by molar-refractivity contribution is -0.122. The van der Waals surface area contributed by atoms with Gasteiger partial charge in [0.25, 0.3) is 5.91 Å². The number of amidine groups is 1. The second-order valence-electron chi connectivity index (χ2n) is 5.30. The zero-order chi connectivity index (χ0) is 17.8. The Balaban J connectivity index is 1.88. The van der Waals surface area contributed by atoms with E-state index in [1.165, 1.54) is 16.7 Å². The molecule has 1 fully saturated rings. The van der Waals surface area contributed by atoms with Gasteiger partial charge in [0.2, 0.25) is 0 Å². The number of halogens is 1. The molecule has 3 rings (SSSR count). The number of carbonyl (C=O) groups excluding carboxylic acids is 1. The Morgan fingerprint density at radius 2 is 1.84 bits per heavy atom. The number of benzene rings is 2. The van der Waals surface area contributed by atoms with Crippen LogP contribution in [0.25, 0.3) is 6.08 Å². The third kappa shape index (κ3) is 4.29. The first-order chi connectivity index (χ1) is 12.1. The summed E-state index contributed by atoms with van der Waals surface area (Å²) in [6.07, 6.45) is 3.96. The van der Waals surface area contributed by atoms with Gasteiger partial charge in [-0.05, 0) is 73.0 Å². The average Bonchev–Trinajstić information content (AvgIpc) is 2.92. The molecule has 2 aromatic rings. The van der Waals surface area contributed by atoms with Crippen LogP contribution in [0.1, 0.15) is 12.5 Å². The molecule has 2 aromatic carbocycles. The Hall–Kier alpha value is -1.69. The summed E-state index contributed by atoms with van der Waals surface area (Å²) in [5.41, 5.74) is 1.79. The highest BCUT2D eigenvalue weighted by Crippen LogP contribution is 2.34. The summed E-state index contributed by atoms with van der Waals surface area (Å²) in [6.45, 7) is 2.53. The molecule has 0 saturated carbocycles. The molecule has 1 saturated heterocycles. The highest BCUT2D eigenvalue weighted by atomic mass is 35.5. The highest BCUT2D eigenvalue weighted by Gasteiger charge is 2.32. The van der Waals surface area contributed by atoms with Gasteiger partial charge in [0, 0.05) is 16.5 Å². The third-order valence-corrected chi connectivity index (χ3v) is 5.67. The van der Waals surface area contributed by atoms with Crippen LogP contribution in [0.5, 0.6) is 0 Å². The fourth-order valence-electron chi connectivity index (χ4n) is 2.35. The van der Waals surface area contributed by atoms with Crippen LogP contribution in [0.4, 0.5) is 5.69 Å². The maximum absolute atomic E-state index is 12.6. The van der Waals surface area contributed by atoms with E-state index in [2.05, 4.69) is 17.1 Å². The molecule has 0 N–H and O–H groups in total. The smallest absolute Gasteiger partial charge is 0.266 e. The van der Waals surface area contributed by atoms with Crippen molar-refractivity contribution in [3.05, 3.63) is 64.0 Å². The van der Waals surface area contributed by atoms with Gasteiger partial charge >= 0.3 is 0 Å². The van der Waals surface area contributed by atoms with Gasteiger partial charge in [0.05, 0.1) is 10.6 Å². The van der Waals surface area contributed by atoms with Gasteiger partial charge < -0.3 is 0 Å². The normalized spacial score (nSPS) is 17.7. The molecule has 0 atom stereocenters. The van der Waals surface area contributed by atoms with Crippen LogP contribution in [0.3, 0.4) is 0 Å². The predicted molar refractivity (Wildman–Crippen MR) is 110 cm³/mol. The van der Waals surface area contributed by atoms with Crippen molar-refractivity contribution >= 4 is 58.0 Å². The van der Waals surface area contributed by atoms with Crippen molar-refractivity contribution in [1.29, 1.82) is 0 Å². The van der Waals surface area contributed by atoms with E-state index in [0.717, 1.165) is 11.3 Å². The van der Waals surface area contributed by atoms with Crippen LogP contribution < -0.4 is 0 Å². The fourth-order valence-corrected chi connectivity index (χ4v) is 3.94. The van der Waals surface area contributed by atoms with E-state index in [-0.39, 0.29) is 5.91 Å². The van der Waals surface area contributed by atoms with Crippen molar-refractivity contribution in [2.24, 2.45) is 4.99 Å². The zero-order valence-electron chi connectivity index (χ0n) is 13.9. The molecule has 25 heavy (non-hydrogen) atoms. The summed E-state index contributed by atoms with van der Waals surface area (Å²) < 4.78 is 0. The molecule has 0 aliphatic carbocycles. The van der Waals surface area contributed by atoms with E-state index in [1.54, 1.807) is 28.8 Å². The summed E-state index contributed by atoms with van der Waals surface area (Å²) in [5.74, 6) is -0.00541. The summed E-state index contributed by atoms with van der Waals surface area (Å²) >= 11 is 9.02. The first-order valence-electron chi connectivity index (χ1n) is 7.80. The van der Waals surface area contributed by atoms with Crippen LogP contribution >= 0.6 is 35.1 Å². The van der Waals surface area contributed by atoms with Crippen LogP contribution in [-0.2, 0) is 4.79 Å². The van der Waals surface area contributed by atoms with Crippen molar-refractivity contribution in [2.75, 3.05) is 12.8 Å². The summed E-state index contributed by atoms with van der Waals surface area (Å²) in [4.78, 5) is 20.8. The van der Waals surface area contributed by atoms with Crippen molar-refractivity contribution in [2.45, 2.75) is 11.8 Å². The zero-order valence-corrected chi connectivity index (χ0v) is 16.3. The number of hydrogen-bond donors (Lipinski definition) is 0. The summed E-state index contributed by atoms with van der Waals surface area (Å²) in [6, 6.07) is 15.4. The minimum absolute atomic E-state index is 0.00541. The van der Waals surface area contributed by atoms with E-state index < -0.39 is 0 Å². The average molecular weight is 389 g/mol. The summed E-state index contributed by atoms with van der Waals surface area (Å²) in [5, 5.41) is 1.36. The van der Waals surface area contributed by atoms with Crippen molar-refractivity contribution < 1.29 is 4.79 Å². The van der Waals surface area contributed by atoms with Gasteiger partial charge in [-0.15, -0.1) is 11.8 Å². The van der Waals surface area contributed by atoms with Gasteiger partial charge in [0.1, 0.15) is 0 Å². The molecular weight excluding hydrogens is 372 g/mol. The highest BCUT2D eigenvalue weighted by molar-refractivity contribution is 8.18. The molecule has 3 nitrogen and oxygen atoms in total. The van der Waals surface area contributed by atoms with Crippen molar-refractivity contribution in [3.63, 3.8) is 0 Å². The molecular formula is C19H17ClN2OS2. The van der Waals surface area contributed by atoms with Gasteiger partial charge in [-0.25, -0.2) is 4.99 Å². The Labute approximate surface area is 161 Å². The molecule has 1 heterocycles. The van der Waals surface area contributed by atoms with Crippen LogP contribution in [0.15, 0.2) is 63.3 Å². The second-order valence-corrected chi connectivity index (χ2v) is 7.63. The lowest BCUT2D eigenvalue weighted by Crippen LogP contribution is -2.28. The Morgan fingerprint density at radius 1 is 1.16 bits per heavy atom. The Kier molecular flexibility index (Phi) is 5.89. The lowest BCUT2D eigenvalue weighted by Gasteiger charge is -2.11.